The molecule has 24 heavy (non-hydrogen) atoms. The third kappa shape index (κ3) is 5.05. The first-order chi connectivity index (χ1) is 11.6. The van der Waals surface area contributed by atoms with Gasteiger partial charge in [0.2, 0.25) is 5.91 Å². The molecule has 1 heterocycles. The van der Waals surface area contributed by atoms with E-state index in [-0.39, 0.29) is 12.0 Å². The largest absolute Gasteiger partial charge is 0.392 e. The number of benzene rings is 1. The van der Waals surface area contributed by atoms with Crippen LogP contribution < -0.4 is 0 Å². The monoisotopic (exact) mass is 330 g/mol. The normalized spacial score (nSPS) is 20.4. The van der Waals surface area contributed by atoms with Crippen molar-refractivity contribution in [1.82, 2.24) is 9.80 Å². The first kappa shape index (κ1) is 17.4. The number of hydrogen-bond acceptors (Lipinski definition) is 3. The zero-order valence-electron chi connectivity index (χ0n) is 14.7. The Labute approximate surface area is 145 Å². The number of amides is 1. The van der Waals surface area contributed by atoms with Gasteiger partial charge >= 0.3 is 0 Å². The summed E-state index contributed by atoms with van der Waals surface area (Å²) in [6.45, 7) is 2.78. The van der Waals surface area contributed by atoms with Crippen LogP contribution in [-0.4, -0.2) is 60.1 Å². The molecule has 0 radical (unpaired) electrons. The fourth-order valence-electron chi connectivity index (χ4n) is 3.68. The van der Waals surface area contributed by atoms with Crippen LogP contribution in [0.4, 0.5) is 0 Å². The van der Waals surface area contributed by atoms with Gasteiger partial charge in [-0.05, 0) is 56.6 Å². The molecule has 2 fully saturated rings. The smallest absolute Gasteiger partial charge is 0.236 e. The summed E-state index contributed by atoms with van der Waals surface area (Å²) < 4.78 is 0. The molecule has 1 saturated heterocycles. The molecule has 0 spiro atoms. The van der Waals surface area contributed by atoms with Gasteiger partial charge < -0.3 is 10.0 Å². The Morgan fingerprint density at radius 3 is 2.50 bits per heavy atom. The molecule has 1 aliphatic carbocycles. The zero-order chi connectivity index (χ0) is 16.9. The Morgan fingerprint density at radius 1 is 1.21 bits per heavy atom. The molecule has 1 unspecified atom stereocenters. The fourth-order valence-corrected chi connectivity index (χ4v) is 3.68. The summed E-state index contributed by atoms with van der Waals surface area (Å²) in [6.07, 6.45) is 5.32. The Balaban J connectivity index is 1.38. The number of carbonyl (C=O) groups excluding carboxylic acids is 1. The molecule has 1 saturated carbocycles. The van der Waals surface area contributed by atoms with Gasteiger partial charge in [-0.3, -0.25) is 9.69 Å². The highest BCUT2D eigenvalue weighted by Crippen LogP contribution is 2.32. The van der Waals surface area contributed by atoms with E-state index >= 15 is 0 Å². The highest BCUT2D eigenvalue weighted by atomic mass is 16.3. The lowest BCUT2D eigenvalue weighted by Crippen LogP contribution is -2.45. The molecule has 1 aromatic rings. The van der Waals surface area contributed by atoms with Gasteiger partial charge in [0.25, 0.3) is 0 Å². The van der Waals surface area contributed by atoms with Crippen LogP contribution in [0.15, 0.2) is 30.3 Å². The molecule has 2 aliphatic rings. The highest BCUT2D eigenvalue weighted by molar-refractivity contribution is 5.78. The summed E-state index contributed by atoms with van der Waals surface area (Å²) in [5.41, 5.74) is 1.40. The molecule has 1 aromatic carbocycles. The van der Waals surface area contributed by atoms with E-state index in [2.05, 4.69) is 30.3 Å². The molecule has 132 valence electrons. The molecule has 3 rings (SSSR count). The lowest BCUT2D eigenvalue weighted by molar-refractivity contribution is -0.133. The van der Waals surface area contributed by atoms with Crippen molar-refractivity contribution in [3.05, 3.63) is 35.9 Å². The molecule has 4 nitrogen and oxygen atoms in total. The van der Waals surface area contributed by atoms with Crippen molar-refractivity contribution in [3.63, 3.8) is 0 Å². The maximum atomic E-state index is 12.4. The van der Waals surface area contributed by atoms with E-state index in [1.165, 1.54) is 5.56 Å². The summed E-state index contributed by atoms with van der Waals surface area (Å²) >= 11 is 0. The second-order valence-corrected chi connectivity index (χ2v) is 7.62. The number of aliphatic hydroxyl groups is 1. The van der Waals surface area contributed by atoms with E-state index < -0.39 is 0 Å². The second kappa shape index (κ2) is 8.13. The fraction of sp³-hybridized carbons (Fsp3) is 0.650. The maximum Gasteiger partial charge on any atom is 0.236 e. The number of hydrogen-bond donors (Lipinski definition) is 1. The van der Waals surface area contributed by atoms with Gasteiger partial charge in [-0.1, -0.05) is 30.3 Å². The van der Waals surface area contributed by atoms with Gasteiger partial charge in [-0.25, -0.2) is 0 Å². The van der Waals surface area contributed by atoms with Crippen LogP contribution in [0.2, 0.25) is 0 Å². The van der Waals surface area contributed by atoms with Gasteiger partial charge in [-0.2, -0.15) is 0 Å². The van der Waals surface area contributed by atoms with E-state index in [1.54, 1.807) is 0 Å². The van der Waals surface area contributed by atoms with Gasteiger partial charge in [0, 0.05) is 19.6 Å². The third-order valence-electron chi connectivity index (χ3n) is 5.40. The predicted octanol–water partition coefficient (Wildman–Crippen LogP) is 2.17. The molecule has 1 amide bonds. The molecular formula is C20H30N2O2. The van der Waals surface area contributed by atoms with Crippen LogP contribution in [0, 0.1) is 11.8 Å². The molecule has 1 aliphatic heterocycles. The van der Waals surface area contributed by atoms with E-state index in [9.17, 15) is 9.90 Å². The van der Waals surface area contributed by atoms with Crippen molar-refractivity contribution < 1.29 is 9.90 Å². The molecular weight excluding hydrogens is 300 g/mol. The minimum Gasteiger partial charge on any atom is -0.392 e. The summed E-state index contributed by atoms with van der Waals surface area (Å²) in [5, 5.41) is 9.99. The number of aliphatic hydroxyl groups excluding tert-OH is 1. The number of nitrogens with zero attached hydrogens (tertiary/aromatic N) is 2. The van der Waals surface area contributed by atoms with Crippen molar-refractivity contribution in [3.8, 4) is 0 Å². The Bertz CT molecular complexity index is 522. The third-order valence-corrected chi connectivity index (χ3v) is 5.40. The Morgan fingerprint density at radius 2 is 1.88 bits per heavy atom. The molecule has 4 heteroatoms. The minimum absolute atomic E-state index is 0.207. The van der Waals surface area contributed by atoms with Crippen molar-refractivity contribution in [2.45, 2.75) is 38.2 Å². The van der Waals surface area contributed by atoms with E-state index in [4.69, 9.17) is 0 Å². The quantitative estimate of drug-likeness (QED) is 0.833. The lowest BCUT2D eigenvalue weighted by Gasteiger charge is -2.33. The van der Waals surface area contributed by atoms with Crippen LogP contribution in [-0.2, 0) is 11.2 Å². The number of likely N-dealkylation sites (tertiary alicyclic amines) is 1. The van der Waals surface area contributed by atoms with Crippen LogP contribution in [0.5, 0.6) is 0 Å². The Hall–Kier alpha value is -1.39. The molecule has 1 N–H and O–H groups in total. The van der Waals surface area contributed by atoms with Crippen LogP contribution in [0.25, 0.3) is 0 Å². The van der Waals surface area contributed by atoms with Gasteiger partial charge in [0.05, 0.1) is 12.6 Å². The van der Waals surface area contributed by atoms with Gasteiger partial charge in [0.15, 0.2) is 0 Å². The van der Waals surface area contributed by atoms with Gasteiger partial charge in [-0.15, -0.1) is 0 Å². The predicted molar refractivity (Wildman–Crippen MR) is 95.7 cm³/mol. The first-order valence-electron chi connectivity index (χ1n) is 9.30. The number of piperidine rings is 1. The number of carbonyl (C=O) groups is 1. The summed E-state index contributed by atoms with van der Waals surface area (Å²) in [4.78, 5) is 16.4. The van der Waals surface area contributed by atoms with Gasteiger partial charge in [0.1, 0.15) is 0 Å². The highest BCUT2D eigenvalue weighted by Gasteiger charge is 2.31. The molecule has 1 atom stereocenters. The summed E-state index contributed by atoms with van der Waals surface area (Å²) in [5.74, 6) is 1.36. The Kier molecular flexibility index (Phi) is 5.90. The van der Waals surface area contributed by atoms with Crippen molar-refractivity contribution in [2.75, 3.05) is 33.2 Å². The standard InChI is InChI=1S/C20H30N2O2/c1-21(14-19(23)18-7-8-18)15-20(24)22-11-9-17(10-12-22)13-16-5-3-2-4-6-16/h2-6,17-19,23H,7-15H2,1H3. The van der Waals surface area contributed by atoms with Crippen LogP contribution in [0.1, 0.15) is 31.2 Å². The SMILES string of the molecule is CN(CC(=O)N1CCC(Cc2ccccc2)CC1)CC(O)C1CC1. The second-order valence-electron chi connectivity index (χ2n) is 7.62. The number of rotatable bonds is 7. The average molecular weight is 330 g/mol. The number of likely N-dealkylation sites (N-methyl/N-ethyl adjacent to an activating group) is 1. The zero-order valence-corrected chi connectivity index (χ0v) is 14.7. The van der Waals surface area contributed by atoms with Crippen molar-refractivity contribution in [1.29, 1.82) is 0 Å². The van der Waals surface area contributed by atoms with E-state index in [0.29, 0.717) is 24.9 Å². The van der Waals surface area contributed by atoms with E-state index in [0.717, 1.165) is 45.2 Å². The van der Waals surface area contributed by atoms with E-state index in [1.807, 2.05) is 16.8 Å². The average Bonchev–Trinajstić information content (AvgIpc) is 3.41. The topological polar surface area (TPSA) is 43.8 Å². The van der Waals surface area contributed by atoms with Crippen molar-refractivity contribution >= 4 is 5.91 Å². The minimum atomic E-state index is -0.264. The van der Waals surface area contributed by atoms with Crippen molar-refractivity contribution in [2.24, 2.45) is 11.8 Å². The maximum absolute atomic E-state index is 12.4. The van der Waals surface area contributed by atoms with Crippen LogP contribution in [0.3, 0.4) is 0 Å². The van der Waals surface area contributed by atoms with Crippen LogP contribution >= 0.6 is 0 Å². The first-order valence-corrected chi connectivity index (χ1v) is 9.30. The summed E-state index contributed by atoms with van der Waals surface area (Å²) in [7, 11) is 1.94. The molecule has 0 aromatic heterocycles. The molecule has 0 bridgehead atoms. The summed E-state index contributed by atoms with van der Waals surface area (Å²) in [6, 6.07) is 10.6. The lowest BCUT2D eigenvalue weighted by atomic mass is 9.90.